The third-order valence-electron chi connectivity index (χ3n) is 4.16. The lowest BCUT2D eigenvalue weighted by Crippen LogP contribution is -2.15. The zero-order valence-corrected chi connectivity index (χ0v) is 18.0. The molecule has 3 aromatic carbocycles. The predicted molar refractivity (Wildman–Crippen MR) is 122 cm³/mol. The van der Waals surface area contributed by atoms with Crippen LogP contribution in [0.4, 0.5) is 5.69 Å². The molecule has 0 saturated carbocycles. The first-order valence-electron chi connectivity index (χ1n) is 8.63. The molecule has 4 aromatic rings. The Kier molecular flexibility index (Phi) is 6.01. The minimum Gasteiger partial charge on any atom is -0.324 e. The fourth-order valence-electron chi connectivity index (χ4n) is 2.86. The number of thioether (sulfide) groups is 1. The van der Waals surface area contributed by atoms with Crippen molar-refractivity contribution in [2.24, 2.45) is 0 Å². The summed E-state index contributed by atoms with van der Waals surface area (Å²) in [6, 6.07) is 20.8. The average Bonchev–Trinajstić information content (AvgIpc) is 3.09. The molecule has 29 heavy (non-hydrogen) atoms. The molecule has 4 rings (SSSR count). The van der Waals surface area contributed by atoms with Crippen molar-refractivity contribution in [2.75, 3.05) is 11.1 Å². The molecule has 1 N–H and O–H groups in total. The molecule has 0 aliphatic rings. The molecule has 0 saturated heterocycles. The van der Waals surface area contributed by atoms with Crippen molar-refractivity contribution in [3.8, 4) is 5.69 Å². The molecule has 0 aliphatic heterocycles. The van der Waals surface area contributed by atoms with Crippen LogP contribution in [0, 0.1) is 0 Å². The summed E-state index contributed by atoms with van der Waals surface area (Å²) < 4.78 is 2.04. The summed E-state index contributed by atoms with van der Waals surface area (Å²) in [5.41, 5.74) is 3.25. The van der Waals surface area contributed by atoms with Gasteiger partial charge in [-0.1, -0.05) is 76.9 Å². The van der Waals surface area contributed by atoms with Gasteiger partial charge in [0.1, 0.15) is 0 Å². The molecule has 1 aromatic heterocycles. The van der Waals surface area contributed by atoms with Crippen LogP contribution in [0.5, 0.6) is 0 Å². The van der Waals surface area contributed by atoms with Gasteiger partial charge in [-0.05, 0) is 36.4 Å². The van der Waals surface area contributed by atoms with Crippen LogP contribution in [0.1, 0.15) is 0 Å². The van der Waals surface area contributed by atoms with E-state index in [0.29, 0.717) is 20.8 Å². The minimum atomic E-state index is -0.220. The average molecular weight is 463 g/mol. The van der Waals surface area contributed by atoms with Crippen LogP contribution < -0.4 is 5.32 Å². The molecule has 0 radical (unpaired) electrons. The lowest BCUT2D eigenvalue weighted by molar-refractivity contribution is -0.113. The van der Waals surface area contributed by atoms with E-state index < -0.39 is 0 Å². The summed E-state index contributed by atoms with van der Waals surface area (Å²) in [5, 5.41) is 4.49. The van der Waals surface area contributed by atoms with Gasteiger partial charge < -0.3 is 5.32 Å². The first-order chi connectivity index (χ1) is 14.0. The van der Waals surface area contributed by atoms with E-state index in [0.717, 1.165) is 21.9 Å². The number of hydrogen-bond donors (Lipinski definition) is 1. The lowest BCUT2D eigenvalue weighted by Gasteiger charge is -2.10. The Hall–Kier alpha value is -2.18. The van der Waals surface area contributed by atoms with Gasteiger partial charge in [-0.15, -0.1) is 0 Å². The molecule has 0 atom stereocenters. The van der Waals surface area contributed by atoms with Crippen molar-refractivity contribution >= 4 is 69.2 Å². The largest absolute Gasteiger partial charge is 0.324 e. The number of anilines is 1. The van der Waals surface area contributed by atoms with Gasteiger partial charge >= 0.3 is 0 Å². The van der Waals surface area contributed by atoms with E-state index in [1.54, 1.807) is 0 Å². The van der Waals surface area contributed by atoms with Crippen molar-refractivity contribution in [3.05, 3.63) is 81.8 Å². The Morgan fingerprint density at radius 2 is 1.62 bits per heavy atom. The number of rotatable bonds is 5. The van der Waals surface area contributed by atoms with E-state index in [2.05, 4.69) is 5.32 Å². The normalized spacial score (nSPS) is 11.0. The fourth-order valence-corrected chi connectivity index (χ4v) is 4.28. The number of nitrogens with zero attached hydrogens (tertiary/aromatic N) is 2. The maximum Gasteiger partial charge on any atom is 0.234 e. The zero-order chi connectivity index (χ0) is 20.4. The molecule has 0 spiro atoms. The van der Waals surface area contributed by atoms with Crippen LogP contribution in [0.3, 0.4) is 0 Å². The number of amides is 1. The standard InChI is InChI=1S/C21H14Cl3N3OS/c22-14-10-16(24)18(11-15(14)23)25-20(28)12-29-21-26-17-8-4-5-9-19(17)27(21)13-6-2-1-3-7-13/h1-11H,12H2,(H,25,28). The summed E-state index contributed by atoms with van der Waals surface area (Å²) in [4.78, 5) is 17.2. The van der Waals surface area contributed by atoms with Crippen LogP contribution in [0.2, 0.25) is 15.1 Å². The highest BCUT2D eigenvalue weighted by Crippen LogP contribution is 2.33. The molecule has 1 heterocycles. The topological polar surface area (TPSA) is 46.9 Å². The number of fused-ring (bicyclic) bond motifs is 1. The monoisotopic (exact) mass is 461 g/mol. The second-order valence-electron chi connectivity index (χ2n) is 6.14. The van der Waals surface area contributed by atoms with Crippen molar-refractivity contribution in [3.63, 3.8) is 0 Å². The van der Waals surface area contributed by atoms with Crippen LogP contribution in [-0.2, 0) is 4.79 Å². The highest BCUT2D eigenvalue weighted by molar-refractivity contribution is 7.99. The van der Waals surface area contributed by atoms with Gasteiger partial charge in [0, 0.05) is 5.69 Å². The van der Waals surface area contributed by atoms with Gasteiger partial charge in [-0.3, -0.25) is 9.36 Å². The van der Waals surface area contributed by atoms with Crippen molar-refractivity contribution < 1.29 is 4.79 Å². The van der Waals surface area contributed by atoms with E-state index in [4.69, 9.17) is 39.8 Å². The summed E-state index contributed by atoms with van der Waals surface area (Å²) in [6.07, 6.45) is 0. The Morgan fingerprint density at radius 1 is 0.931 bits per heavy atom. The van der Waals surface area contributed by atoms with E-state index in [1.807, 2.05) is 59.2 Å². The molecular weight excluding hydrogens is 449 g/mol. The number of aromatic nitrogens is 2. The van der Waals surface area contributed by atoms with Crippen LogP contribution in [0.15, 0.2) is 71.9 Å². The van der Waals surface area contributed by atoms with E-state index in [-0.39, 0.29) is 11.7 Å². The van der Waals surface area contributed by atoms with Gasteiger partial charge in [0.15, 0.2) is 5.16 Å². The third kappa shape index (κ3) is 4.38. The fraction of sp³-hybridized carbons (Fsp3) is 0.0476. The summed E-state index contributed by atoms with van der Waals surface area (Å²) in [7, 11) is 0. The molecule has 0 unspecified atom stereocenters. The first kappa shape index (κ1) is 20.1. The Bertz CT molecular complexity index is 1190. The number of hydrogen-bond acceptors (Lipinski definition) is 3. The molecule has 0 fully saturated rings. The second-order valence-corrected chi connectivity index (χ2v) is 8.30. The van der Waals surface area contributed by atoms with Crippen LogP contribution in [0.25, 0.3) is 16.7 Å². The summed E-state index contributed by atoms with van der Waals surface area (Å²) in [5.74, 6) is -0.0610. The van der Waals surface area contributed by atoms with Gasteiger partial charge in [-0.2, -0.15) is 0 Å². The number of benzene rings is 3. The molecule has 146 valence electrons. The lowest BCUT2D eigenvalue weighted by atomic mass is 10.3. The quantitative estimate of drug-likeness (QED) is 0.265. The first-order valence-corrected chi connectivity index (χ1v) is 10.7. The Morgan fingerprint density at radius 3 is 2.41 bits per heavy atom. The van der Waals surface area contributed by atoms with Gasteiger partial charge in [-0.25, -0.2) is 4.98 Å². The van der Waals surface area contributed by atoms with Crippen LogP contribution in [-0.4, -0.2) is 21.2 Å². The summed E-state index contributed by atoms with van der Waals surface area (Å²) >= 11 is 19.4. The van der Waals surface area contributed by atoms with Crippen LogP contribution >= 0.6 is 46.6 Å². The zero-order valence-electron chi connectivity index (χ0n) is 14.9. The maximum absolute atomic E-state index is 12.5. The molecular formula is C21H14Cl3N3OS. The van der Waals surface area contributed by atoms with Crippen molar-refractivity contribution in [2.45, 2.75) is 5.16 Å². The Labute approximate surface area is 186 Å². The van der Waals surface area contributed by atoms with Gasteiger partial charge in [0.2, 0.25) is 5.91 Å². The number of halogens is 3. The molecule has 0 aliphatic carbocycles. The Balaban J connectivity index is 1.57. The van der Waals surface area contributed by atoms with Gasteiger partial charge in [0.25, 0.3) is 0 Å². The van der Waals surface area contributed by atoms with Crippen molar-refractivity contribution in [1.29, 1.82) is 0 Å². The maximum atomic E-state index is 12.5. The number of carbonyl (C=O) groups is 1. The SMILES string of the molecule is O=C(CSc1nc2ccccc2n1-c1ccccc1)Nc1cc(Cl)c(Cl)cc1Cl. The van der Waals surface area contributed by atoms with E-state index in [9.17, 15) is 4.79 Å². The smallest absolute Gasteiger partial charge is 0.234 e. The van der Waals surface area contributed by atoms with Gasteiger partial charge in [0.05, 0.1) is 37.5 Å². The number of para-hydroxylation sites is 3. The number of imidazole rings is 1. The second kappa shape index (κ2) is 8.67. The molecule has 1 amide bonds. The molecule has 4 nitrogen and oxygen atoms in total. The molecule has 0 bridgehead atoms. The highest BCUT2D eigenvalue weighted by Gasteiger charge is 2.15. The predicted octanol–water partition coefficient (Wildman–Crippen LogP) is 6.72. The third-order valence-corrected chi connectivity index (χ3v) is 6.13. The summed E-state index contributed by atoms with van der Waals surface area (Å²) in [6.45, 7) is 0. The minimum absolute atomic E-state index is 0.159. The highest BCUT2D eigenvalue weighted by atomic mass is 35.5. The number of carbonyl (C=O) groups excluding carboxylic acids is 1. The van der Waals surface area contributed by atoms with E-state index in [1.165, 1.54) is 23.9 Å². The molecule has 8 heteroatoms. The van der Waals surface area contributed by atoms with E-state index >= 15 is 0 Å². The number of nitrogens with one attached hydrogen (secondary N) is 1. The van der Waals surface area contributed by atoms with Crippen molar-refractivity contribution in [1.82, 2.24) is 9.55 Å².